The number of hydrogen-bond donors (Lipinski definition) is 3. The van der Waals surface area contributed by atoms with Gasteiger partial charge in [0.1, 0.15) is 35.5 Å². The molecule has 0 saturated carbocycles. The van der Waals surface area contributed by atoms with Crippen molar-refractivity contribution in [1.29, 1.82) is 0 Å². The average Bonchev–Trinajstić information content (AvgIpc) is 2.98. The van der Waals surface area contributed by atoms with Gasteiger partial charge in [-0.25, -0.2) is 14.4 Å². The Hall–Kier alpha value is -4.57. The number of hydrogen-bond acceptors (Lipinski definition) is 7. The summed E-state index contributed by atoms with van der Waals surface area (Å²) >= 11 is 5.94. The van der Waals surface area contributed by atoms with E-state index in [1.807, 2.05) is 0 Å². The van der Waals surface area contributed by atoms with Crippen LogP contribution >= 0.6 is 11.6 Å². The Morgan fingerprint density at radius 2 is 1.79 bits per heavy atom. The first-order chi connectivity index (χ1) is 20.2. The highest BCUT2D eigenvalue weighted by molar-refractivity contribution is 6.31. The molecule has 1 atom stereocenters. The number of methoxy groups -OCH3 is 1. The maximum atomic E-state index is 13.7. The molecule has 0 radical (unpaired) electrons. The van der Waals surface area contributed by atoms with Gasteiger partial charge < -0.3 is 25.5 Å². The zero-order chi connectivity index (χ0) is 30.1. The minimum atomic E-state index is -0.846. The van der Waals surface area contributed by atoms with Crippen LogP contribution in [0.5, 0.6) is 5.75 Å². The van der Waals surface area contributed by atoms with Gasteiger partial charge in [0.2, 0.25) is 5.91 Å². The Morgan fingerprint density at radius 1 is 1.00 bits per heavy atom. The number of ketones is 1. The van der Waals surface area contributed by atoms with Gasteiger partial charge in [-0.1, -0.05) is 42.6 Å². The molecule has 11 heteroatoms. The van der Waals surface area contributed by atoms with Crippen LogP contribution in [0.4, 0.5) is 21.6 Å². The Kier molecular flexibility index (Phi) is 10.4. The normalized spacial score (nSPS) is 11.5. The van der Waals surface area contributed by atoms with Crippen molar-refractivity contribution in [1.82, 2.24) is 15.3 Å². The van der Waals surface area contributed by atoms with E-state index in [9.17, 15) is 18.8 Å². The number of aromatic nitrogens is 2. The fourth-order valence-corrected chi connectivity index (χ4v) is 4.56. The van der Waals surface area contributed by atoms with E-state index in [0.717, 1.165) is 6.42 Å². The van der Waals surface area contributed by atoms with Crippen molar-refractivity contribution in [3.63, 3.8) is 0 Å². The smallest absolute Gasteiger partial charge is 0.251 e. The molecule has 0 aliphatic heterocycles. The number of anilines is 3. The first-order valence-electron chi connectivity index (χ1n) is 13.5. The molecule has 0 fully saturated rings. The number of fused-ring (bicyclic) bond motifs is 1. The van der Waals surface area contributed by atoms with E-state index in [-0.39, 0.29) is 16.7 Å². The molecule has 0 aliphatic rings. The van der Waals surface area contributed by atoms with Gasteiger partial charge in [-0.15, -0.1) is 0 Å². The third-order valence-corrected chi connectivity index (χ3v) is 6.87. The summed E-state index contributed by atoms with van der Waals surface area (Å²) in [5.74, 6) is -0.467. The van der Waals surface area contributed by atoms with Gasteiger partial charge in [-0.05, 0) is 56.2 Å². The quantitative estimate of drug-likeness (QED) is 0.153. The highest BCUT2D eigenvalue weighted by Gasteiger charge is 2.23. The second-order valence-electron chi connectivity index (χ2n) is 9.73. The Labute approximate surface area is 247 Å². The zero-order valence-corrected chi connectivity index (χ0v) is 24.0. The SMILES string of the molecule is COc1cc2ncnc(Nc3ccc(F)c(Cl)c3)c2cc1NC(=O)[C@H](CCCCCC(C)=O)NC(=O)c1ccccc1. The van der Waals surface area contributed by atoms with Crippen molar-refractivity contribution in [2.24, 2.45) is 0 Å². The molecule has 3 N–H and O–H groups in total. The number of nitrogens with zero attached hydrogens (tertiary/aromatic N) is 2. The van der Waals surface area contributed by atoms with E-state index in [2.05, 4.69) is 25.9 Å². The van der Waals surface area contributed by atoms with Crippen LogP contribution in [0.15, 0.2) is 67.0 Å². The molecular weight excluding hydrogens is 561 g/mol. The van der Waals surface area contributed by atoms with E-state index in [1.54, 1.807) is 49.4 Å². The van der Waals surface area contributed by atoms with Gasteiger partial charge >= 0.3 is 0 Å². The number of benzene rings is 3. The first kappa shape index (κ1) is 30.4. The standard InChI is InChI=1S/C31H31ClFN5O4/c1-19(39)9-5-3-8-12-25(37-30(40)20-10-6-4-7-11-20)31(41)38-27-16-22-26(17-28(27)42-2)34-18-35-29(22)36-21-13-14-24(33)23(32)15-21/h4,6-7,10-11,13-18,25H,3,5,8-9,12H2,1-2H3,(H,37,40)(H,38,41)(H,34,35,36)/t25-/m0/s1. The van der Waals surface area contributed by atoms with Crippen LogP contribution in [0.25, 0.3) is 10.9 Å². The third kappa shape index (κ3) is 8.01. The minimum absolute atomic E-state index is 0.0436. The van der Waals surface area contributed by atoms with Crippen LogP contribution in [0.2, 0.25) is 5.02 Å². The fraction of sp³-hybridized carbons (Fsp3) is 0.258. The van der Waals surface area contributed by atoms with Gasteiger partial charge in [-0.2, -0.15) is 0 Å². The monoisotopic (exact) mass is 591 g/mol. The first-order valence-corrected chi connectivity index (χ1v) is 13.8. The number of ether oxygens (including phenoxy) is 1. The number of Topliss-reactive ketones (excluding diaryl/α,β-unsaturated/α-hetero) is 1. The highest BCUT2D eigenvalue weighted by Crippen LogP contribution is 2.34. The number of carbonyl (C=O) groups excluding carboxylic acids is 3. The van der Waals surface area contributed by atoms with Crippen molar-refractivity contribution in [3.8, 4) is 5.75 Å². The van der Waals surface area contributed by atoms with E-state index < -0.39 is 17.8 Å². The summed E-state index contributed by atoms with van der Waals surface area (Å²) in [6, 6.07) is 15.3. The number of rotatable bonds is 13. The lowest BCUT2D eigenvalue weighted by Gasteiger charge is -2.20. The second kappa shape index (κ2) is 14.4. The molecular formula is C31H31ClFN5O4. The van der Waals surface area contributed by atoms with Crippen molar-refractivity contribution >= 4 is 57.3 Å². The summed E-state index contributed by atoms with van der Waals surface area (Å²) < 4.78 is 19.2. The van der Waals surface area contributed by atoms with Crippen LogP contribution in [-0.2, 0) is 9.59 Å². The summed E-state index contributed by atoms with van der Waals surface area (Å²) in [7, 11) is 1.47. The lowest BCUT2D eigenvalue weighted by Crippen LogP contribution is -2.43. The number of amides is 2. The van der Waals surface area contributed by atoms with Gasteiger partial charge in [-0.3, -0.25) is 9.59 Å². The highest BCUT2D eigenvalue weighted by atomic mass is 35.5. The second-order valence-corrected chi connectivity index (χ2v) is 10.1. The molecule has 0 aliphatic carbocycles. The minimum Gasteiger partial charge on any atom is -0.494 e. The molecule has 0 saturated heterocycles. The third-order valence-electron chi connectivity index (χ3n) is 6.58. The van der Waals surface area contributed by atoms with Crippen LogP contribution in [0.1, 0.15) is 49.4 Å². The molecule has 0 unspecified atom stereocenters. The molecule has 0 bridgehead atoms. The number of nitrogens with one attached hydrogen (secondary N) is 3. The number of unbranched alkanes of at least 4 members (excludes halogenated alkanes) is 2. The van der Waals surface area contributed by atoms with Crippen LogP contribution in [-0.4, -0.2) is 40.7 Å². The Balaban J connectivity index is 1.58. The van der Waals surface area contributed by atoms with Crippen molar-refractivity contribution in [3.05, 3.63) is 83.4 Å². The Bertz CT molecular complexity index is 1580. The van der Waals surface area contributed by atoms with E-state index in [4.69, 9.17) is 16.3 Å². The number of halogens is 2. The van der Waals surface area contributed by atoms with Gasteiger partial charge in [0.05, 0.1) is 23.3 Å². The van der Waals surface area contributed by atoms with Crippen LogP contribution < -0.4 is 20.7 Å². The summed E-state index contributed by atoms with van der Waals surface area (Å²) in [6.07, 6.45) is 4.31. The molecule has 3 aromatic carbocycles. The van der Waals surface area contributed by atoms with Gasteiger partial charge in [0.15, 0.2) is 0 Å². The lowest BCUT2D eigenvalue weighted by atomic mass is 10.0. The zero-order valence-electron chi connectivity index (χ0n) is 23.2. The molecule has 4 aromatic rings. The molecule has 2 amide bonds. The van der Waals surface area contributed by atoms with Crippen LogP contribution in [0.3, 0.4) is 0 Å². The summed E-state index contributed by atoms with van der Waals surface area (Å²) in [4.78, 5) is 46.4. The van der Waals surface area contributed by atoms with E-state index in [1.165, 1.54) is 31.6 Å². The molecule has 42 heavy (non-hydrogen) atoms. The molecule has 9 nitrogen and oxygen atoms in total. The lowest BCUT2D eigenvalue weighted by molar-refractivity contribution is -0.118. The maximum absolute atomic E-state index is 13.7. The molecule has 0 spiro atoms. The maximum Gasteiger partial charge on any atom is 0.251 e. The molecule has 4 rings (SSSR count). The molecule has 218 valence electrons. The van der Waals surface area contributed by atoms with Crippen molar-refractivity contribution in [2.75, 3.05) is 17.7 Å². The van der Waals surface area contributed by atoms with Crippen LogP contribution in [0, 0.1) is 5.82 Å². The number of carbonyl (C=O) groups is 3. The Morgan fingerprint density at radius 3 is 2.50 bits per heavy atom. The van der Waals surface area contributed by atoms with Crippen molar-refractivity contribution < 1.29 is 23.5 Å². The van der Waals surface area contributed by atoms with Gasteiger partial charge in [0.25, 0.3) is 5.91 Å². The summed E-state index contributed by atoms with van der Waals surface area (Å²) in [5.41, 5.74) is 1.83. The van der Waals surface area contributed by atoms with Gasteiger partial charge in [0, 0.05) is 29.1 Å². The van der Waals surface area contributed by atoms with E-state index in [0.29, 0.717) is 65.1 Å². The topological polar surface area (TPSA) is 122 Å². The predicted molar refractivity (Wildman–Crippen MR) is 161 cm³/mol. The molecule has 1 aromatic heterocycles. The fourth-order valence-electron chi connectivity index (χ4n) is 4.38. The largest absolute Gasteiger partial charge is 0.494 e. The average molecular weight is 592 g/mol. The summed E-state index contributed by atoms with van der Waals surface area (Å²) in [6.45, 7) is 1.55. The van der Waals surface area contributed by atoms with Crippen molar-refractivity contribution in [2.45, 2.75) is 45.1 Å². The molecule has 1 heterocycles. The van der Waals surface area contributed by atoms with E-state index >= 15 is 0 Å². The summed E-state index contributed by atoms with van der Waals surface area (Å²) in [5, 5.41) is 9.36. The predicted octanol–water partition coefficient (Wildman–Crippen LogP) is 6.45.